The van der Waals surface area contributed by atoms with E-state index in [2.05, 4.69) is 62.5 Å². The van der Waals surface area contributed by atoms with Crippen molar-refractivity contribution in [2.75, 3.05) is 47.5 Å². The minimum absolute atomic E-state index is 0.177. The van der Waals surface area contributed by atoms with E-state index in [-0.39, 0.29) is 32.2 Å². The molecule has 0 aliphatic rings. The Hall–Kier alpha value is -2.75. The molecule has 0 aromatic carbocycles. The molecule has 73 heavy (non-hydrogen) atoms. The molecule has 9 heteroatoms. The lowest BCUT2D eigenvalue weighted by Gasteiger charge is -2.25. The molecular weight excluding hydrogens is 911 g/mol. The van der Waals surface area contributed by atoms with Gasteiger partial charge < -0.3 is 28.5 Å². The average molecular weight is 1030 g/mol. The Morgan fingerprint density at radius 3 is 1.16 bits per heavy atom. The van der Waals surface area contributed by atoms with Crippen LogP contribution in [0.1, 0.15) is 284 Å². The number of allylic oxidation sites excluding steroid dienone is 8. The van der Waals surface area contributed by atoms with Crippen molar-refractivity contribution < 1.29 is 42.9 Å². The molecule has 0 aliphatic carbocycles. The molecule has 9 nitrogen and oxygen atoms in total. The van der Waals surface area contributed by atoms with E-state index >= 15 is 0 Å². The fraction of sp³-hybridized carbons (Fsp3) is 0.828. The third kappa shape index (κ3) is 56.8. The fourth-order valence-corrected chi connectivity index (χ4v) is 8.89. The Kier molecular flexibility index (Phi) is 53.4. The zero-order valence-corrected chi connectivity index (χ0v) is 48.6. The Morgan fingerprint density at radius 2 is 0.781 bits per heavy atom. The van der Waals surface area contributed by atoms with Crippen molar-refractivity contribution in [2.24, 2.45) is 0 Å². The summed E-state index contributed by atoms with van der Waals surface area (Å²) in [6, 6.07) is 0. The first-order valence-corrected chi connectivity index (χ1v) is 30.8. The van der Waals surface area contributed by atoms with Crippen LogP contribution in [0.2, 0.25) is 0 Å². The van der Waals surface area contributed by atoms with Crippen molar-refractivity contribution >= 4 is 17.9 Å². The average Bonchev–Trinajstić information content (AvgIpc) is 3.36. The molecule has 0 saturated heterocycles. The van der Waals surface area contributed by atoms with Gasteiger partial charge in [-0.3, -0.25) is 9.59 Å². The Labute approximate surface area is 451 Å². The first-order chi connectivity index (χ1) is 35.6. The van der Waals surface area contributed by atoms with Gasteiger partial charge >= 0.3 is 17.9 Å². The number of hydrogen-bond donors (Lipinski definition) is 1. The quantitative estimate of drug-likeness (QED) is 0.0211. The molecular formula is C64H118NO8+. The number of unbranched alkanes of at least 4 members (excludes halogenated alkanes) is 34. The first-order valence-electron chi connectivity index (χ1n) is 30.8. The number of aliphatic carboxylic acids is 1. The maximum absolute atomic E-state index is 12.8. The molecule has 0 aliphatic heterocycles. The predicted molar refractivity (Wildman–Crippen MR) is 309 cm³/mol. The van der Waals surface area contributed by atoms with Crippen LogP contribution in [0.5, 0.6) is 0 Å². The number of carbonyl (C=O) groups excluding carboxylic acids is 2. The molecule has 426 valence electrons. The van der Waals surface area contributed by atoms with Crippen molar-refractivity contribution in [2.45, 2.75) is 296 Å². The molecule has 0 rings (SSSR count). The minimum atomic E-state index is -1.50. The molecule has 2 atom stereocenters. The van der Waals surface area contributed by atoms with Gasteiger partial charge in [-0.15, -0.1) is 0 Å². The number of carboxylic acid groups (broad SMARTS) is 1. The maximum atomic E-state index is 12.8. The van der Waals surface area contributed by atoms with E-state index in [1.54, 1.807) is 0 Å². The van der Waals surface area contributed by atoms with Gasteiger partial charge in [-0.05, 0) is 51.4 Å². The van der Waals surface area contributed by atoms with Gasteiger partial charge in [0.15, 0.2) is 6.10 Å². The van der Waals surface area contributed by atoms with Crippen LogP contribution in [0.4, 0.5) is 0 Å². The molecule has 0 bridgehead atoms. The van der Waals surface area contributed by atoms with Gasteiger partial charge in [-0.25, -0.2) is 4.79 Å². The Morgan fingerprint density at radius 1 is 0.425 bits per heavy atom. The van der Waals surface area contributed by atoms with E-state index in [1.807, 2.05) is 21.1 Å². The largest absolute Gasteiger partial charge is 0.477 e. The molecule has 0 spiro atoms. The van der Waals surface area contributed by atoms with Gasteiger partial charge in [-0.2, -0.15) is 0 Å². The molecule has 0 heterocycles. The van der Waals surface area contributed by atoms with Crippen LogP contribution < -0.4 is 0 Å². The van der Waals surface area contributed by atoms with Crippen LogP contribution in [0.15, 0.2) is 48.6 Å². The van der Waals surface area contributed by atoms with Gasteiger partial charge in [0.05, 0.1) is 34.4 Å². The smallest absolute Gasteiger partial charge is 0.361 e. The number of esters is 2. The molecule has 0 fully saturated rings. The molecule has 2 unspecified atom stereocenters. The van der Waals surface area contributed by atoms with Crippen LogP contribution in [-0.4, -0.2) is 87.4 Å². The molecule has 0 aromatic rings. The van der Waals surface area contributed by atoms with Crippen molar-refractivity contribution in [3.63, 3.8) is 0 Å². The van der Waals surface area contributed by atoms with Gasteiger partial charge in [-0.1, -0.05) is 268 Å². The third-order valence-electron chi connectivity index (χ3n) is 13.6. The first kappa shape index (κ1) is 70.2. The van der Waals surface area contributed by atoms with Crippen molar-refractivity contribution in [1.29, 1.82) is 0 Å². The number of rotatable bonds is 57. The SMILES string of the molecule is CC/C=C\C/C=C\C/C=C\C/C=C\CCCCCCCCCCCCCCCCCCCCCCCCCCCCCCC(=O)OC(COC(=O)CCCCCCCCC)COC(OCC[N+](C)(C)C)C(=O)O. The van der Waals surface area contributed by atoms with Crippen molar-refractivity contribution in [3.05, 3.63) is 48.6 Å². The molecule has 1 N–H and O–H groups in total. The van der Waals surface area contributed by atoms with Gasteiger partial charge in [0, 0.05) is 12.8 Å². The number of carbonyl (C=O) groups is 3. The summed E-state index contributed by atoms with van der Waals surface area (Å²) in [4.78, 5) is 37.1. The Bertz CT molecular complexity index is 1340. The summed E-state index contributed by atoms with van der Waals surface area (Å²) >= 11 is 0. The molecule has 0 saturated carbocycles. The van der Waals surface area contributed by atoms with E-state index in [1.165, 1.54) is 193 Å². The summed E-state index contributed by atoms with van der Waals surface area (Å²) in [5.41, 5.74) is 0. The summed E-state index contributed by atoms with van der Waals surface area (Å²) in [6.07, 6.45) is 67.0. The van der Waals surface area contributed by atoms with E-state index in [4.69, 9.17) is 18.9 Å². The summed E-state index contributed by atoms with van der Waals surface area (Å²) in [7, 11) is 5.96. The summed E-state index contributed by atoms with van der Waals surface area (Å²) in [5, 5.41) is 9.65. The van der Waals surface area contributed by atoms with E-state index in [0.29, 0.717) is 17.4 Å². The van der Waals surface area contributed by atoms with Crippen LogP contribution in [0.25, 0.3) is 0 Å². The minimum Gasteiger partial charge on any atom is -0.477 e. The summed E-state index contributed by atoms with van der Waals surface area (Å²) in [5.74, 6) is -2.00. The zero-order valence-electron chi connectivity index (χ0n) is 48.6. The number of carboxylic acids is 1. The lowest BCUT2D eigenvalue weighted by atomic mass is 10.0. The molecule has 0 radical (unpaired) electrons. The standard InChI is InChI=1S/C64H117NO8/c1-6-8-10-12-14-15-16-17-18-19-20-21-22-23-24-25-26-27-28-29-30-31-32-33-34-35-36-37-38-39-40-41-42-43-44-45-46-47-49-51-53-55-62(67)73-60(58-71-61(66)54-52-50-48-13-11-9-7-2)59-72-64(63(68)69)70-57-56-65(3,4)5/h8,10,14-15,17-18,20-21,60,64H,6-7,9,11-13,16,19,22-59H2,1-5H3/p+1/b10-8-,15-14-,18-17-,21-20-. The van der Waals surface area contributed by atoms with Crippen molar-refractivity contribution in [1.82, 2.24) is 0 Å². The Balaban J connectivity index is 3.78. The number of likely N-dealkylation sites (N-methyl/N-ethyl adjacent to an activating group) is 1. The lowest BCUT2D eigenvalue weighted by molar-refractivity contribution is -0.870. The number of quaternary nitrogens is 1. The van der Waals surface area contributed by atoms with Crippen LogP contribution in [0.3, 0.4) is 0 Å². The second kappa shape index (κ2) is 55.5. The van der Waals surface area contributed by atoms with E-state index in [0.717, 1.165) is 64.2 Å². The van der Waals surface area contributed by atoms with Gasteiger partial charge in [0.2, 0.25) is 0 Å². The van der Waals surface area contributed by atoms with Crippen molar-refractivity contribution in [3.8, 4) is 0 Å². The normalized spacial score (nSPS) is 13.1. The highest BCUT2D eigenvalue weighted by molar-refractivity contribution is 5.71. The predicted octanol–water partition coefficient (Wildman–Crippen LogP) is 18.2. The van der Waals surface area contributed by atoms with Crippen LogP contribution >= 0.6 is 0 Å². The number of ether oxygens (including phenoxy) is 4. The second-order valence-corrected chi connectivity index (χ2v) is 22.0. The van der Waals surface area contributed by atoms with Gasteiger partial charge in [0.1, 0.15) is 13.2 Å². The topological polar surface area (TPSA) is 108 Å². The maximum Gasteiger partial charge on any atom is 0.361 e. The van der Waals surface area contributed by atoms with Gasteiger partial charge in [0.25, 0.3) is 6.29 Å². The highest BCUT2D eigenvalue weighted by Gasteiger charge is 2.25. The number of nitrogens with zero attached hydrogens (tertiary/aromatic N) is 1. The van der Waals surface area contributed by atoms with E-state index < -0.39 is 24.3 Å². The fourth-order valence-electron chi connectivity index (χ4n) is 8.89. The highest BCUT2D eigenvalue weighted by atomic mass is 16.7. The second-order valence-electron chi connectivity index (χ2n) is 22.0. The third-order valence-corrected chi connectivity index (χ3v) is 13.6. The highest BCUT2D eigenvalue weighted by Crippen LogP contribution is 2.18. The molecule has 0 aromatic heterocycles. The van der Waals surface area contributed by atoms with Crippen LogP contribution in [-0.2, 0) is 33.3 Å². The summed E-state index contributed by atoms with van der Waals surface area (Å²) < 4.78 is 22.7. The lowest BCUT2D eigenvalue weighted by Crippen LogP contribution is -2.40. The van der Waals surface area contributed by atoms with Crippen LogP contribution in [0, 0.1) is 0 Å². The molecule has 0 amide bonds. The van der Waals surface area contributed by atoms with E-state index in [9.17, 15) is 19.5 Å². The zero-order chi connectivity index (χ0) is 53.4. The summed E-state index contributed by atoms with van der Waals surface area (Å²) in [6.45, 7) is 4.74. The monoisotopic (exact) mass is 1030 g/mol. The number of hydrogen-bond acceptors (Lipinski definition) is 7.